The zero-order valence-electron chi connectivity index (χ0n) is 11.9. The fourth-order valence-electron chi connectivity index (χ4n) is 2.54. The van der Waals surface area contributed by atoms with Gasteiger partial charge in [-0.3, -0.25) is 4.90 Å². The molecule has 19 heavy (non-hydrogen) atoms. The second-order valence-electron chi connectivity index (χ2n) is 5.11. The molecule has 0 bridgehead atoms. The summed E-state index contributed by atoms with van der Waals surface area (Å²) in [5, 5.41) is 3.36. The molecule has 1 fully saturated rings. The number of furan rings is 1. The minimum atomic E-state index is -0.409. The van der Waals surface area contributed by atoms with Gasteiger partial charge in [-0.1, -0.05) is 0 Å². The van der Waals surface area contributed by atoms with Crippen LogP contribution >= 0.6 is 0 Å². The number of esters is 1. The number of ether oxygens (including phenoxy) is 1. The summed E-state index contributed by atoms with van der Waals surface area (Å²) in [6.07, 6.45) is 2.31. The van der Waals surface area contributed by atoms with Crippen molar-refractivity contribution in [3.63, 3.8) is 0 Å². The van der Waals surface area contributed by atoms with Crippen molar-refractivity contribution in [1.29, 1.82) is 0 Å². The van der Waals surface area contributed by atoms with Crippen LogP contribution in [0.3, 0.4) is 0 Å². The minimum absolute atomic E-state index is 0.316. The number of hydrogen-bond donors (Lipinski definition) is 1. The molecule has 5 nitrogen and oxygen atoms in total. The highest BCUT2D eigenvalue weighted by Crippen LogP contribution is 2.19. The highest BCUT2D eigenvalue weighted by Gasteiger charge is 2.21. The number of carbonyl (C=O) groups is 1. The monoisotopic (exact) mass is 266 g/mol. The number of hydrogen-bond acceptors (Lipinski definition) is 5. The zero-order valence-corrected chi connectivity index (χ0v) is 11.9. The van der Waals surface area contributed by atoms with Gasteiger partial charge in [-0.25, -0.2) is 4.79 Å². The molecule has 1 aliphatic rings. The predicted octanol–water partition coefficient (Wildman–Crippen LogP) is 1.56. The SMILES string of the molecule is COC(=O)c1oc(CN(C)C2CCNCC2)cc1C. The largest absolute Gasteiger partial charge is 0.463 e. The maximum absolute atomic E-state index is 11.5. The lowest BCUT2D eigenvalue weighted by Gasteiger charge is -2.30. The average Bonchev–Trinajstić information content (AvgIpc) is 2.79. The number of aryl methyl sites for hydroxylation is 1. The molecule has 5 heteroatoms. The van der Waals surface area contributed by atoms with Crippen LogP contribution in [0.25, 0.3) is 0 Å². The summed E-state index contributed by atoms with van der Waals surface area (Å²) in [5.41, 5.74) is 0.834. The summed E-state index contributed by atoms with van der Waals surface area (Å²) < 4.78 is 10.3. The third-order valence-corrected chi connectivity index (χ3v) is 3.68. The summed E-state index contributed by atoms with van der Waals surface area (Å²) in [7, 11) is 3.47. The molecule has 2 rings (SSSR count). The van der Waals surface area contributed by atoms with E-state index in [9.17, 15) is 4.79 Å². The summed E-state index contributed by atoms with van der Waals surface area (Å²) in [5.74, 6) is 0.725. The minimum Gasteiger partial charge on any atom is -0.463 e. The number of nitrogens with one attached hydrogen (secondary N) is 1. The predicted molar refractivity (Wildman–Crippen MR) is 72.1 cm³/mol. The van der Waals surface area contributed by atoms with E-state index in [1.807, 2.05) is 13.0 Å². The van der Waals surface area contributed by atoms with Crippen molar-refractivity contribution in [2.45, 2.75) is 32.4 Å². The lowest BCUT2D eigenvalue weighted by atomic mass is 10.1. The van der Waals surface area contributed by atoms with Crippen LogP contribution in [0.5, 0.6) is 0 Å². The van der Waals surface area contributed by atoms with Crippen LogP contribution in [0.1, 0.15) is 34.7 Å². The average molecular weight is 266 g/mol. The molecule has 0 atom stereocenters. The number of methoxy groups -OCH3 is 1. The maximum atomic E-state index is 11.5. The number of nitrogens with zero attached hydrogens (tertiary/aromatic N) is 1. The Kier molecular flexibility index (Phi) is 4.61. The van der Waals surface area contributed by atoms with Gasteiger partial charge in [-0.05, 0) is 46.0 Å². The van der Waals surface area contributed by atoms with Crippen molar-refractivity contribution in [3.05, 3.63) is 23.2 Å². The Morgan fingerprint density at radius 3 is 2.84 bits per heavy atom. The molecule has 1 saturated heterocycles. The Morgan fingerprint density at radius 1 is 1.53 bits per heavy atom. The molecule has 2 heterocycles. The van der Waals surface area contributed by atoms with Gasteiger partial charge in [-0.15, -0.1) is 0 Å². The molecule has 0 spiro atoms. The molecule has 0 saturated carbocycles. The Bertz CT molecular complexity index is 436. The lowest BCUT2D eigenvalue weighted by Crippen LogP contribution is -2.40. The van der Waals surface area contributed by atoms with E-state index in [-0.39, 0.29) is 0 Å². The molecule has 1 N–H and O–H groups in total. The van der Waals surface area contributed by atoms with Gasteiger partial charge < -0.3 is 14.5 Å². The molecule has 1 aromatic rings. The van der Waals surface area contributed by atoms with E-state index in [2.05, 4.69) is 17.3 Å². The topological polar surface area (TPSA) is 54.7 Å². The van der Waals surface area contributed by atoms with Gasteiger partial charge in [0.15, 0.2) is 0 Å². The summed E-state index contributed by atoms with van der Waals surface area (Å²) in [6.45, 7) is 4.73. The Labute approximate surface area is 113 Å². The van der Waals surface area contributed by atoms with Crippen LogP contribution in [0, 0.1) is 6.92 Å². The zero-order chi connectivity index (χ0) is 13.8. The van der Waals surface area contributed by atoms with Crippen molar-refractivity contribution in [3.8, 4) is 0 Å². The first kappa shape index (κ1) is 14.1. The van der Waals surface area contributed by atoms with Crippen LogP contribution in [0.15, 0.2) is 10.5 Å². The number of rotatable bonds is 4. The molecule has 0 amide bonds. The van der Waals surface area contributed by atoms with Gasteiger partial charge in [0.1, 0.15) is 5.76 Å². The quantitative estimate of drug-likeness (QED) is 0.838. The highest BCUT2D eigenvalue weighted by molar-refractivity contribution is 5.87. The third-order valence-electron chi connectivity index (χ3n) is 3.68. The van der Waals surface area contributed by atoms with Crippen LogP contribution in [0.2, 0.25) is 0 Å². The second kappa shape index (κ2) is 6.21. The second-order valence-corrected chi connectivity index (χ2v) is 5.11. The fourth-order valence-corrected chi connectivity index (χ4v) is 2.54. The van der Waals surface area contributed by atoms with E-state index >= 15 is 0 Å². The molecule has 106 valence electrons. The Balaban J connectivity index is 2.00. The van der Waals surface area contributed by atoms with E-state index in [1.165, 1.54) is 7.11 Å². The lowest BCUT2D eigenvalue weighted by molar-refractivity contribution is 0.0559. The van der Waals surface area contributed by atoms with Crippen molar-refractivity contribution in [1.82, 2.24) is 10.2 Å². The van der Waals surface area contributed by atoms with Crippen molar-refractivity contribution < 1.29 is 13.9 Å². The molecule has 0 radical (unpaired) electrons. The van der Waals surface area contributed by atoms with Gasteiger partial charge in [0.25, 0.3) is 0 Å². The summed E-state index contributed by atoms with van der Waals surface area (Å²) in [4.78, 5) is 13.8. The first-order valence-corrected chi connectivity index (χ1v) is 6.70. The van der Waals surface area contributed by atoms with Crippen molar-refractivity contribution >= 4 is 5.97 Å². The van der Waals surface area contributed by atoms with Crippen molar-refractivity contribution in [2.75, 3.05) is 27.2 Å². The van der Waals surface area contributed by atoms with Gasteiger partial charge >= 0.3 is 5.97 Å². The molecular formula is C14H22N2O3. The van der Waals surface area contributed by atoms with Gasteiger partial charge in [0.2, 0.25) is 5.76 Å². The highest BCUT2D eigenvalue weighted by atomic mass is 16.5. The molecule has 0 unspecified atom stereocenters. The smallest absolute Gasteiger partial charge is 0.374 e. The Hall–Kier alpha value is -1.33. The van der Waals surface area contributed by atoms with Crippen LogP contribution in [-0.2, 0) is 11.3 Å². The molecule has 0 aromatic carbocycles. The van der Waals surface area contributed by atoms with Gasteiger partial charge in [0.05, 0.1) is 13.7 Å². The molecule has 1 aliphatic heterocycles. The van der Waals surface area contributed by atoms with Gasteiger partial charge in [-0.2, -0.15) is 0 Å². The van der Waals surface area contributed by atoms with Gasteiger partial charge in [0, 0.05) is 11.6 Å². The third kappa shape index (κ3) is 3.36. The number of piperidine rings is 1. The van der Waals surface area contributed by atoms with Crippen molar-refractivity contribution in [2.24, 2.45) is 0 Å². The molecule has 1 aromatic heterocycles. The first-order valence-electron chi connectivity index (χ1n) is 6.70. The first-order chi connectivity index (χ1) is 9.11. The van der Waals surface area contributed by atoms with E-state index in [0.29, 0.717) is 11.8 Å². The summed E-state index contributed by atoms with van der Waals surface area (Å²) >= 11 is 0. The fraction of sp³-hybridized carbons (Fsp3) is 0.643. The van der Waals surface area contributed by atoms with E-state index in [4.69, 9.17) is 9.15 Å². The Morgan fingerprint density at radius 2 is 2.21 bits per heavy atom. The van der Waals surface area contributed by atoms with Crippen LogP contribution in [-0.4, -0.2) is 44.2 Å². The van der Waals surface area contributed by atoms with E-state index in [1.54, 1.807) is 0 Å². The normalized spacial score (nSPS) is 16.8. The maximum Gasteiger partial charge on any atom is 0.374 e. The molecular weight excluding hydrogens is 244 g/mol. The van der Waals surface area contributed by atoms with Crippen LogP contribution < -0.4 is 5.32 Å². The molecule has 0 aliphatic carbocycles. The van der Waals surface area contributed by atoms with Crippen LogP contribution in [0.4, 0.5) is 0 Å². The summed E-state index contributed by atoms with van der Waals surface area (Å²) in [6, 6.07) is 2.50. The number of carbonyl (C=O) groups excluding carboxylic acids is 1. The van der Waals surface area contributed by atoms with E-state index < -0.39 is 5.97 Å². The standard InChI is InChI=1S/C14H22N2O3/c1-10-8-12(19-13(10)14(17)18-3)9-16(2)11-4-6-15-7-5-11/h8,11,15H,4-7,9H2,1-3H3. The van der Waals surface area contributed by atoms with E-state index in [0.717, 1.165) is 43.8 Å².